The number of benzene rings is 2. The number of ether oxygens (including phenoxy) is 1. The van der Waals surface area contributed by atoms with Crippen LogP contribution < -0.4 is 25.6 Å². The van der Waals surface area contributed by atoms with Gasteiger partial charge in [-0.25, -0.2) is 18.4 Å². The largest absolute Gasteiger partial charge is 0.477 e. The Balaban J connectivity index is 0.935. The van der Waals surface area contributed by atoms with Crippen LogP contribution in [0.3, 0.4) is 0 Å². The number of hydrogen-bond acceptors (Lipinski definition) is 10. The highest BCUT2D eigenvalue weighted by molar-refractivity contribution is 6.05. The molecular formula is C43H52F2N10O4. The first-order valence-corrected chi connectivity index (χ1v) is 20.4. The van der Waals surface area contributed by atoms with Crippen molar-refractivity contribution < 1.29 is 27.9 Å². The smallest absolute Gasteiger partial charge is 0.258 e. The Morgan fingerprint density at radius 3 is 2.63 bits per heavy atom. The maximum atomic E-state index is 15.0. The minimum Gasteiger partial charge on any atom is -0.477 e. The molecular weight excluding hydrogens is 759 g/mol. The van der Waals surface area contributed by atoms with Crippen molar-refractivity contribution in [1.82, 2.24) is 34.9 Å². The van der Waals surface area contributed by atoms with Crippen molar-refractivity contribution in [2.75, 3.05) is 54.9 Å². The van der Waals surface area contributed by atoms with Crippen molar-refractivity contribution in [1.29, 1.82) is 0 Å². The van der Waals surface area contributed by atoms with Crippen LogP contribution in [0.5, 0.6) is 5.88 Å². The number of imide groups is 1. The number of H-pyrrole nitrogens is 1. The minimum atomic E-state index is -1.03. The number of carbonyl (C=O) groups excluding carboxylic acids is 3. The van der Waals surface area contributed by atoms with Crippen LogP contribution in [0.25, 0.3) is 22.3 Å². The second kappa shape index (κ2) is 17.9. The number of rotatable bonds is 15. The molecule has 14 nitrogen and oxygen atoms in total. The Bertz CT molecular complexity index is 2320. The number of aromatic amines is 1. The van der Waals surface area contributed by atoms with Crippen LogP contribution in [0.15, 0.2) is 48.7 Å². The zero-order valence-corrected chi connectivity index (χ0v) is 34.2. The summed E-state index contributed by atoms with van der Waals surface area (Å²) in [6.07, 6.45) is 4.99. The number of carbonyl (C=O) groups is 3. The lowest BCUT2D eigenvalue weighted by molar-refractivity contribution is -0.134. The van der Waals surface area contributed by atoms with E-state index in [4.69, 9.17) is 9.72 Å². The van der Waals surface area contributed by atoms with Gasteiger partial charge in [0.2, 0.25) is 23.6 Å². The summed E-state index contributed by atoms with van der Waals surface area (Å²) in [7, 11) is 1.83. The zero-order valence-electron chi connectivity index (χ0n) is 34.2. The first-order chi connectivity index (χ1) is 28.4. The number of aryl methyl sites for hydroxylation is 2. The van der Waals surface area contributed by atoms with Gasteiger partial charge in [-0.05, 0) is 81.5 Å². The maximum absolute atomic E-state index is 15.0. The molecule has 59 heavy (non-hydrogen) atoms. The van der Waals surface area contributed by atoms with E-state index in [1.807, 2.05) is 32.2 Å². The summed E-state index contributed by atoms with van der Waals surface area (Å²) in [4.78, 5) is 54.5. The number of pyridine rings is 1. The molecule has 312 valence electrons. The first kappa shape index (κ1) is 41.3. The van der Waals surface area contributed by atoms with E-state index in [-0.39, 0.29) is 30.4 Å². The minimum absolute atomic E-state index is 0.0407. The molecule has 0 saturated carbocycles. The molecule has 4 N–H and O–H groups in total. The monoisotopic (exact) mass is 810 g/mol. The van der Waals surface area contributed by atoms with Crippen LogP contribution in [0.1, 0.15) is 80.4 Å². The highest BCUT2D eigenvalue weighted by Crippen LogP contribution is 2.32. The van der Waals surface area contributed by atoms with Crippen LogP contribution in [0.4, 0.5) is 26.1 Å². The molecule has 0 spiro atoms. The van der Waals surface area contributed by atoms with Gasteiger partial charge in [0.05, 0.1) is 41.0 Å². The Hall–Kier alpha value is -5.90. The van der Waals surface area contributed by atoms with Gasteiger partial charge in [0, 0.05) is 80.4 Å². The normalized spacial score (nSPS) is 17.9. The van der Waals surface area contributed by atoms with E-state index < -0.39 is 29.4 Å². The lowest BCUT2D eigenvalue weighted by Gasteiger charge is -2.41. The number of piperazine rings is 1. The van der Waals surface area contributed by atoms with Crippen LogP contribution in [0, 0.1) is 24.5 Å². The first-order valence-electron chi connectivity index (χ1n) is 20.4. The van der Waals surface area contributed by atoms with Crippen molar-refractivity contribution in [3.63, 3.8) is 0 Å². The molecule has 3 aromatic heterocycles. The van der Waals surface area contributed by atoms with Gasteiger partial charge >= 0.3 is 0 Å². The Labute approximate surface area is 342 Å². The van der Waals surface area contributed by atoms with Crippen LogP contribution in [-0.4, -0.2) is 92.7 Å². The number of anilines is 3. The number of aromatic nitrogens is 5. The second-order valence-corrected chi connectivity index (χ2v) is 15.7. The van der Waals surface area contributed by atoms with Crippen molar-refractivity contribution >= 4 is 46.1 Å². The van der Waals surface area contributed by atoms with Gasteiger partial charge in [-0.3, -0.25) is 34.9 Å². The number of nitrogens with one attached hydrogen (secondary N) is 4. The SMILES string of the molecule is CC[C@H](C)CCCOc1c(-c2cc(C(=O)Nc3nc4ccc(N5CCN(CCNc6cc(F)c([C@H]7CCC(=O)NC7=O)c(F)c6)C[C@H]5C)cc4[nH]3)cc(C)n2)cnn1C. The van der Waals surface area contributed by atoms with Gasteiger partial charge in [0.15, 0.2) is 0 Å². The number of fused-ring (bicyclic) bond motifs is 1. The molecule has 2 fully saturated rings. The number of nitrogens with zero attached hydrogens (tertiary/aromatic N) is 6. The molecule has 0 bridgehead atoms. The fourth-order valence-corrected chi connectivity index (χ4v) is 7.90. The van der Waals surface area contributed by atoms with E-state index in [0.717, 1.165) is 61.2 Å². The molecule has 2 aliphatic heterocycles. The van der Waals surface area contributed by atoms with E-state index in [9.17, 15) is 23.2 Å². The molecule has 0 radical (unpaired) electrons. The number of hydrogen-bond donors (Lipinski definition) is 4. The standard InChI is InChI=1S/C43H52F2N10O4/c1-6-25(2)8-7-17-59-42-32(23-47-53(42)5)36-19-28(18-26(3)48-36)40(57)52-43-49-35-11-9-30(22-37(35)50-43)55-16-15-54(24-27(55)4)14-13-46-29-20-33(44)39(34(45)21-29)31-10-12-38(56)51-41(31)58/h9,11,18-23,25,27,31,46H,6-8,10,12-17,24H2,1-5H3,(H,51,56,58)(H2,49,50,52,57)/t25-,27+,31+/m0/s1. The van der Waals surface area contributed by atoms with E-state index in [1.54, 1.807) is 23.0 Å². The average molecular weight is 811 g/mol. The molecule has 0 unspecified atom stereocenters. The van der Waals surface area contributed by atoms with Crippen molar-refractivity contribution in [2.45, 2.75) is 71.8 Å². The van der Waals surface area contributed by atoms with Gasteiger partial charge in [-0.15, -0.1) is 0 Å². The molecule has 16 heteroatoms. The Kier molecular flexibility index (Phi) is 12.5. The molecule has 2 aliphatic rings. The summed E-state index contributed by atoms with van der Waals surface area (Å²) >= 11 is 0. The summed E-state index contributed by atoms with van der Waals surface area (Å²) in [5.74, 6) is -2.50. The molecule has 0 aliphatic carbocycles. The Morgan fingerprint density at radius 2 is 1.88 bits per heavy atom. The lowest BCUT2D eigenvalue weighted by Crippen LogP contribution is -2.52. The second-order valence-electron chi connectivity index (χ2n) is 15.7. The number of imidazole rings is 1. The quantitative estimate of drug-likeness (QED) is 0.0675. The summed E-state index contributed by atoms with van der Waals surface area (Å²) in [5.41, 5.74) is 4.96. The lowest BCUT2D eigenvalue weighted by atomic mass is 9.89. The number of amides is 3. The van der Waals surface area contributed by atoms with Crippen molar-refractivity contribution in [3.8, 4) is 17.1 Å². The fourth-order valence-electron chi connectivity index (χ4n) is 7.90. The average Bonchev–Trinajstić information content (AvgIpc) is 3.78. The van der Waals surface area contributed by atoms with Crippen LogP contribution in [0.2, 0.25) is 0 Å². The molecule has 3 atom stereocenters. The summed E-state index contributed by atoms with van der Waals surface area (Å²) < 4.78 is 37.8. The molecule has 7 rings (SSSR count). The molecule has 5 aromatic rings. The van der Waals surface area contributed by atoms with Crippen LogP contribution >= 0.6 is 0 Å². The van der Waals surface area contributed by atoms with E-state index in [0.29, 0.717) is 60.1 Å². The van der Waals surface area contributed by atoms with Gasteiger partial charge < -0.3 is 19.9 Å². The number of halogens is 2. The predicted octanol–water partition coefficient (Wildman–Crippen LogP) is 6.55. The predicted molar refractivity (Wildman–Crippen MR) is 223 cm³/mol. The summed E-state index contributed by atoms with van der Waals surface area (Å²) in [6.45, 7) is 12.5. The number of piperidine rings is 1. The van der Waals surface area contributed by atoms with E-state index >= 15 is 0 Å². The zero-order chi connectivity index (χ0) is 41.8. The molecule has 2 saturated heterocycles. The maximum Gasteiger partial charge on any atom is 0.258 e. The molecule has 2 aromatic carbocycles. The summed E-state index contributed by atoms with van der Waals surface area (Å²) in [5, 5.41) is 12.6. The third-order valence-electron chi connectivity index (χ3n) is 11.3. The van der Waals surface area contributed by atoms with Crippen LogP contribution in [-0.2, 0) is 16.6 Å². The van der Waals surface area contributed by atoms with Crippen molar-refractivity contribution in [3.05, 3.63) is 77.1 Å². The summed E-state index contributed by atoms with van der Waals surface area (Å²) in [6, 6.07) is 12.1. The Morgan fingerprint density at radius 1 is 1.08 bits per heavy atom. The van der Waals surface area contributed by atoms with Gasteiger partial charge in [0.1, 0.15) is 11.6 Å². The van der Waals surface area contributed by atoms with E-state index in [1.165, 1.54) is 12.1 Å². The highest BCUT2D eigenvalue weighted by atomic mass is 19.1. The highest BCUT2D eigenvalue weighted by Gasteiger charge is 2.33. The molecule has 3 amide bonds. The molecule has 5 heterocycles. The van der Waals surface area contributed by atoms with Crippen molar-refractivity contribution in [2.24, 2.45) is 13.0 Å². The third-order valence-corrected chi connectivity index (χ3v) is 11.3. The fraction of sp³-hybridized carbons (Fsp3) is 0.442. The van der Waals surface area contributed by atoms with Gasteiger partial charge in [-0.2, -0.15) is 5.10 Å². The van der Waals surface area contributed by atoms with Gasteiger partial charge in [-0.1, -0.05) is 20.3 Å². The topological polar surface area (TPSA) is 162 Å². The van der Waals surface area contributed by atoms with E-state index in [2.05, 4.69) is 61.6 Å². The van der Waals surface area contributed by atoms with Gasteiger partial charge in [0.25, 0.3) is 5.91 Å². The third kappa shape index (κ3) is 9.54.